The molecular weight excluding hydrogens is 439 g/mol. The van der Waals surface area contributed by atoms with E-state index in [9.17, 15) is 18.0 Å². The van der Waals surface area contributed by atoms with E-state index in [-0.39, 0.29) is 17.4 Å². The Hall–Kier alpha value is -2.65. The minimum absolute atomic E-state index is 0.203. The van der Waals surface area contributed by atoms with Gasteiger partial charge >= 0.3 is 6.36 Å². The number of alkyl halides is 3. The quantitative estimate of drug-likeness (QED) is 0.542. The lowest BCUT2D eigenvalue weighted by Gasteiger charge is -2.12. The second kappa shape index (κ2) is 8.23. The molecule has 1 saturated heterocycles. The molecule has 0 radical (unpaired) electrons. The Morgan fingerprint density at radius 1 is 1.13 bits per heavy atom. The molecule has 3 aromatic rings. The van der Waals surface area contributed by atoms with Crippen molar-refractivity contribution in [3.05, 3.63) is 65.3 Å². The maximum absolute atomic E-state index is 12.8. The van der Waals surface area contributed by atoms with Gasteiger partial charge in [-0.2, -0.15) is 5.10 Å². The maximum atomic E-state index is 12.8. The number of hydrogen-bond acceptors (Lipinski definition) is 4. The first-order chi connectivity index (χ1) is 14.3. The molecule has 1 fully saturated rings. The number of ether oxygens (including phenoxy) is 1. The lowest BCUT2D eigenvalue weighted by atomic mass is 10.1. The third kappa shape index (κ3) is 4.57. The number of amides is 1. The van der Waals surface area contributed by atoms with E-state index in [0.29, 0.717) is 34.4 Å². The van der Waals surface area contributed by atoms with E-state index in [1.54, 1.807) is 53.1 Å². The zero-order valence-electron chi connectivity index (χ0n) is 15.4. The lowest BCUT2D eigenvalue weighted by molar-refractivity contribution is -0.274. The highest BCUT2D eigenvalue weighted by Gasteiger charge is 2.31. The SMILES string of the molecule is O=C(c1cc(-c2cccc(OC(F)(F)F)c2)n(-c2cccc(Cl)c2)n1)N1CCSC1. The molecule has 4 rings (SSSR count). The summed E-state index contributed by atoms with van der Waals surface area (Å²) in [4.78, 5) is 14.5. The molecule has 2 heterocycles. The monoisotopic (exact) mass is 453 g/mol. The maximum Gasteiger partial charge on any atom is 0.573 e. The highest BCUT2D eigenvalue weighted by molar-refractivity contribution is 7.99. The number of aromatic nitrogens is 2. The van der Waals surface area contributed by atoms with Gasteiger partial charge in [0.15, 0.2) is 5.69 Å². The van der Waals surface area contributed by atoms with Crippen molar-refractivity contribution < 1.29 is 22.7 Å². The fourth-order valence-electron chi connectivity index (χ4n) is 3.08. The highest BCUT2D eigenvalue weighted by atomic mass is 35.5. The van der Waals surface area contributed by atoms with E-state index in [1.165, 1.54) is 22.9 Å². The number of nitrogens with zero attached hydrogens (tertiary/aromatic N) is 3. The smallest absolute Gasteiger partial charge is 0.406 e. The number of carbonyl (C=O) groups excluding carboxylic acids is 1. The Bertz CT molecular complexity index is 1080. The molecule has 1 aliphatic rings. The molecule has 156 valence electrons. The number of rotatable bonds is 4. The topological polar surface area (TPSA) is 47.4 Å². The van der Waals surface area contributed by atoms with Crippen LogP contribution in [0.1, 0.15) is 10.5 Å². The molecule has 30 heavy (non-hydrogen) atoms. The summed E-state index contributed by atoms with van der Waals surface area (Å²) in [7, 11) is 0. The van der Waals surface area contributed by atoms with Crippen LogP contribution in [-0.4, -0.2) is 45.1 Å². The number of hydrogen-bond donors (Lipinski definition) is 0. The molecule has 1 amide bonds. The van der Waals surface area contributed by atoms with Crippen molar-refractivity contribution in [3.8, 4) is 22.7 Å². The van der Waals surface area contributed by atoms with E-state index in [1.807, 2.05) is 0 Å². The average molecular weight is 454 g/mol. The van der Waals surface area contributed by atoms with Gasteiger partial charge in [-0.1, -0.05) is 29.8 Å². The van der Waals surface area contributed by atoms with Gasteiger partial charge in [-0.05, 0) is 36.4 Å². The number of halogens is 4. The number of thioether (sulfide) groups is 1. The van der Waals surface area contributed by atoms with Gasteiger partial charge in [-0.25, -0.2) is 4.68 Å². The van der Waals surface area contributed by atoms with Crippen LogP contribution in [0.3, 0.4) is 0 Å². The molecule has 5 nitrogen and oxygen atoms in total. The first kappa shape index (κ1) is 20.6. The van der Waals surface area contributed by atoms with Crippen molar-refractivity contribution in [3.63, 3.8) is 0 Å². The van der Waals surface area contributed by atoms with Crippen molar-refractivity contribution in [2.45, 2.75) is 6.36 Å². The first-order valence-corrected chi connectivity index (χ1v) is 10.4. The van der Waals surface area contributed by atoms with Crippen molar-refractivity contribution in [2.24, 2.45) is 0 Å². The minimum Gasteiger partial charge on any atom is -0.406 e. The molecule has 10 heteroatoms. The minimum atomic E-state index is -4.81. The Balaban J connectivity index is 1.79. The predicted octanol–water partition coefficient (Wildman–Crippen LogP) is 5.24. The van der Waals surface area contributed by atoms with E-state index >= 15 is 0 Å². The molecule has 1 aliphatic heterocycles. The van der Waals surface area contributed by atoms with Crippen LogP contribution in [0.5, 0.6) is 5.75 Å². The highest BCUT2D eigenvalue weighted by Crippen LogP contribution is 2.31. The van der Waals surface area contributed by atoms with Gasteiger partial charge < -0.3 is 9.64 Å². The molecule has 1 aromatic heterocycles. The van der Waals surface area contributed by atoms with Gasteiger partial charge in [0.2, 0.25) is 0 Å². The van der Waals surface area contributed by atoms with Crippen LogP contribution in [0.25, 0.3) is 16.9 Å². The Kier molecular flexibility index (Phi) is 5.66. The van der Waals surface area contributed by atoms with Gasteiger partial charge in [0, 0.05) is 22.9 Å². The molecule has 0 aliphatic carbocycles. The zero-order chi connectivity index (χ0) is 21.3. The summed E-state index contributed by atoms with van der Waals surface area (Å²) in [5.41, 5.74) is 1.64. The third-order valence-electron chi connectivity index (χ3n) is 4.38. The van der Waals surface area contributed by atoms with Crippen LogP contribution in [0, 0.1) is 0 Å². The second-order valence-electron chi connectivity index (χ2n) is 6.49. The van der Waals surface area contributed by atoms with Crippen LogP contribution in [0.2, 0.25) is 5.02 Å². The number of carbonyl (C=O) groups is 1. The summed E-state index contributed by atoms with van der Waals surface area (Å²) in [6.07, 6.45) is -4.81. The molecule has 2 aromatic carbocycles. The molecule has 0 saturated carbocycles. The Morgan fingerprint density at radius 3 is 2.63 bits per heavy atom. The summed E-state index contributed by atoms with van der Waals surface area (Å²) >= 11 is 7.75. The summed E-state index contributed by atoms with van der Waals surface area (Å²) in [5.74, 6) is 0.838. The summed E-state index contributed by atoms with van der Waals surface area (Å²) in [6, 6.07) is 13.9. The summed E-state index contributed by atoms with van der Waals surface area (Å²) < 4.78 is 43.5. The van der Waals surface area contributed by atoms with Crippen LogP contribution in [0.4, 0.5) is 13.2 Å². The van der Waals surface area contributed by atoms with Gasteiger partial charge in [-0.3, -0.25) is 4.79 Å². The molecule has 0 bridgehead atoms. The largest absolute Gasteiger partial charge is 0.573 e. The van der Waals surface area contributed by atoms with Crippen LogP contribution in [-0.2, 0) is 0 Å². The van der Waals surface area contributed by atoms with E-state index < -0.39 is 6.36 Å². The van der Waals surface area contributed by atoms with Gasteiger partial charge in [0.25, 0.3) is 5.91 Å². The van der Waals surface area contributed by atoms with Crippen LogP contribution >= 0.6 is 23.4 Å². The van der Waals surface area contributed by atoms with Crippen molar-refractivity contribution in [1.82, 2.24) is 14.7 Å². The zero-order valence-corrected chi connectivity index (χ0v) is 17.0. The molecule has 0 spiro atoms. The molecule has 0 N–H and O–H groups in total. The fraction of sp³-hybridized carbons (Fsp3) is 0.200. The molecule has 0 atom stereocenters. The standard InChI is InChI=1S/C20H15ClF3N3O2S/c21-14-4-2-5-15(10-14)27-18(11-17(25-27)19(28)26-7-8-30-12-26)13-3-1-6-16(9-13)29-20(22,23)24/h1-6,9-11H,7-8,12H2. The van der Waals surface area contributed by atoms with E-state index in [4.69, 9.17) is 11.6 Å². The normalized spacial score (nSPS) is 14.2. The Labute approximate surface area is 179 Å². The fourth-order valence-corrected chi connectivity index (χ4v) is 4.21. The Morgan fingerprint density at radius 2 is 1.93 bits per heavy atom. The van der Waals surface area contributed by atoms with Gasteiger partial charge in [-0.15, -0.1) is 24.9 Å². The summed E-state index contributed by atoms with van der Waals surface area (Å²) in [6.45, 7) is 0.623. The summed E-state index contributed by atoms with van der Waals surface area (Å²) in [5, 5.41) is 4.91. The number of benzene rings is 2. The third-order valence-corrected chi connectivity index (χ3v) is 5.59. The van der Waals surface area contributed by atoms with Crippen LogP contribution < -0.4 is 4.74 Å². The van der Waals surface area contributed by atoms with Crippen molar-refractivity contribution >= 4 is 29.3 Å². The molecule has 0 unspecified atom stereocenters. The van der Waals surface area contributed by atoms with E-state index in [2.05, 4.69) is 9.84 Å². The van der Waals surface area contributed by atoms with E-state index in [0.717, 1.165) is 5.75 Å². The van der Waals surface area contributed by atoms with Crippen molar-refractivity contribution in [1.29, 1.82) is 0 Å². The van der Waals surface area contributed by atoms with Gasteiger partial charge in [0.05, 0.1) is 17.3 Å². The van der Waals surface area contributed by atoms with Gasteiger partial charge in [0.1, 0.15) is 5.75 Å². The molecular formula is C20H15ClF3N3O2S. The van der Waals surface area contributed by atoms with Crippen molar-refractivity contribution in [2.75, 3.05) is 18.2 Å². The van der Waals surface area contributed by atoms with Crippen LogP contribution in [0.15, 0.2) is 54.6 Å². The predicted molar refractivity (Wildman–Crippen MR) is 109 cm³/mol. The average Bonchev–Trinajstić information content (AvgIpc) is 3.37. The lowest BCUT2D eigenvalue weighted by Crippen LogP contribution is -2.28. The first-order valence-electron chi connectivity index (χ1n) is 8.89. The second-order valence-corrected chi connectivity index (χ2v) is 8.00.